The van der Waals surface area contributed by atoms with Crippen LogP contribution < -0.4 is 0 Å². The summed E-state index contributed by atoms with van der Waals surface area (Å²) < 4.78 is 0. The van der Waals surface area contributed by atoms with Gasteiger partial charge in [-0.3, -0.25) is 9.69 Å². The van der Waals surface area contributed by atoms with Crippen molar-refractivity contribution in [2.24, 2.45) is 0 Å². The zero-order valence-corrected chi connectivity index (χ0v) is 13.6. The highest BCUT2D eigenvalue weighted by atomic mass is 32.1. The maximum atomic E-state index is 12.6. The van der Waals surface area contributed by atoms with Crippen LogP contribution in [-0.2, 0) is 0 Å². The highest BCUT2D eigenvalue weighted by Gasteiger charge is 2.34. The van der Waals surface area contributed by atoms with Crippen molar-refractivity contribution in [3.8, 4) is 0 Å². The Kier molecular flexibility index (Phi) is 3.92. The van der Waals surface area contributed by atoms with Gasteiger partial charge in [-0.05, 0) is 32.1 Å². The molecule has 0 unspecified atom stereocenters. The minimum absolute atomic E-state index is 0.135. The minimum atomic E-state index is -0.176. The number of piperazine rings is 1. The first-order valence-electron chi connectivity index (χ1n) is 8.39. The molecular weight excluding hydrogens is 298 g/mol. The Morgan fingerprint density at radius 1 is 1.18 bits per heavy atom. The van der Waals surface area contributed by atoms with Crippen LogP contribution in [0.5, 0.6) is 0 Å². The molecule has 0 radical (unpaired) electrons. The van der Waals surface area contributed by atoms with E-state index in [9.17, 15) is 9.90 Å². The first-order valence-corrected chi connectivity index (χ1v) is 9.21. The number of hydrogen-bond donors (Lipinski definition) is 1. The number of hydrogen-bond acceptors (Lipinski definition) is 5. The Morgan fingerprint density at radius 2 is 1.95 bits per heavy atom. The molecule has 1 saturated heterocycles. The summed E-state index contributed by atoms with van der Waals surface area (Å²) in [6.07, 6.45) is 7.17. The van der Waals surface area contributed by atoms with Gasteiger partial charge in [0.2, 0.25) is 0 Å². The molecule has 2 saturated carbocycles. The molecule has 1 aromatic heterocycles. The fraction of sp³-hybridized carbons (Fsp3) is 0.750. The normalized spacial score (nSPS) is 30.0. The predicted octanol–water partition coefficient (Wildman–Crippen LogP) is 1.69. The number of aromatic nitrogens is 1. The lowest BCUT2D eigenvalue weighted by atomic mass is 10.1. The summed E-state index contributed by atoms with van der Waals surface area (Å²) in [5, 5.41) is 11.2. The molecule has 1 N–H and O–H groups in total. The third-order valence-corrected chi connectivity index (χ3v) is 6.32. The van der Waals surface area contributed by atoms with E-state index >= 15 is 0 Å². The molecule has 0 aromatic carbocycles. The molecule has 0 bridgehead atoms. The summed E-state index contributed by atoms with van der Waals surface area (Å²) >= 11 is 1.58. The quantitative estimate of drug-likeness (QED) is 0.920. The van der Waals surface area contributed by atoms with E-state index < -0.39 is 0 Å². The molecule has 22 heavy (non-hydrogen) atoms. The molecule has 1 aromatic rings. The number of nitrogens with zero attached hydrogens (tertiary/aromatic N) is 3. The molecule has 6 heteroatoms. The lowest BCUT2D eigenvalue weighted by Gasteiger charge is -2.38. The van der Waals surface area contributed by atoms with Gasteiger partial charge in [0.1, 0.15) is 4.88 Å². The maximum absolute atomic E-state index is 12.6. The number of thiazole rings is 1. The molecule has 3 aliphatic rings. The first kappa shape index (κ1) is 14.6. The van der Waals surface area contributed by atoms with Crippen LogP contribution in [0.2, 0.25) is 0 Å². The summed E-state index contributed by atoms with van der Waals surface area (Å²) in [4.78, 5) is 22.1. The van der Waals surface area contributed by atoms with Crippen LogP contribution >= 0.6 is 11.3 Å². The van der Waals surface area contributed by atoms with Gasteiger partial charge in [0.25, 0.3) is 5.91 Å². The topological polar surface area (TPSA) is 56.7 Å². The van der Waals surface area contributed by atoms with Crippen LogP contribution in [0, 0.1) is 0 Å². The number of aliphatic hydroxyl groups is 1. The summed E-state index contributed by atoms with van der Waals surface area (Å²) in [5.41, 5.74) is 0. The van der Waals surface area contributed by atoms with Crippen molar-refractivity contribution >= 4 is 17.2 Å². The SMILES string of the molecule is O=C(c1cnc(C2CC2)s1)N1CCN([C@H]2CCC[C@H]2O)CC1. The van der Waals surface area contributed by atoms with Gasteiger partial charge in [-0.1, -0.05) is 0 Å². The van der Waals surface area contributed by atoms with Gasteiger partial charge >= 0.3 is 0 Å². The van der Waals surface area contributed by atoms with Gasteiger partial charge in [0.05, 0.1) is 17.3 Å². The molecular formula is C16H23N3O2S. The predicted molar refractivity (Wildman–Crippen MR) is 85.2 cm³/mol. The second-order valence-electron chi connectivity index (χ2n) is 6.73. The largest absolute Gasteiger partial charge is 0.391 e. The fourth-order valence-electron chi connectivity index (χ4n) is 3.66. The molecule has 4 rings (SSSR count). The van der Waals surface area contributed by atoms with Crippen LogP contribution in [0.25, 0.3) is 0 Å². The van der Waals surface area contributed by atoms with E-state index in [0.717, 1.165) is 55.3 Å². The van der Waals surface area contributed by atoms with E-state index in [1.54, 1.807) is 17.5 Å². The highest BCUT2D eigenvalue weighted by molar-refractivity contribution is 7.13. The number of amides is 1. The van der Waals surface area contributed by atoms with E-state index in [2.05, 4.69) is 9.88 Å². The zero-order valence-electron chi connectivity index (χ0n) is 12.8. The Hall–Kier alpha value is -0.980. The molecule has 0 spiro atoms. The third kappa shape index (κ3) is 2.79. The van der Waals surface area contributed by atoms with Crippen molar-refractivity contribution in [3.63, 3.8) is 0 Å². The standard InChI is InChI=1S/C16H23N3O2S/c20-13-3-1-2-12(13)18-6-8-19(9-7-18)16(21)14-10-17-15(22-14)11-4-5-11/h10-13,20H,1-9H2/t12-,13+/m0/s1. The molecule has 5 nitrogen and oxygen atoms in total. The summed E-state index contributed by atoms with van der Waals surface area (Å²) in [5.74, 6) is 0.753. The lowest BCUT2D eigenvalue weighted by Crippen LogP contribution is -2.53. The third-order valence-electron chi connectivity index (χ3n) is 5.18. The van der Waals surface area contributed by atoms with E-state index in [1.165, 1.54) is 12.8 Å². The van der Waals surface area contributed by atoms with E-state index in [1.807, 2.05) is 4.90 Å². The molecule has 2 heterocycles. The Bertz CT molecular complexity index is 549. The summed E-state index contributed by atoms with van der Waals surface area (Å²) in [7, 11) is 0. The fourth-order valence-corrected chi connectivity index (χ4v) is 4.72. The average Bonchev–Trinajstić information content (AvgIpc) is 3.12. The van der Waals surface area contributed by atoms with Crippen LogP contribution in [0.3, 0.4) is 0 Å². The van der Waals surface area contributed by atoms with Crippen LogP contribution in [0.15, 0.2) is 6.20 Å². The lowest BCUT2D eigenvalue weighted by molar-refractivity contribution is 0.0317. The molecule has 3 fully saturated rings. The van der Waals surface area contributed by atoms with Crippen LogP contribution in [-0.4, -0.2) is 64.1 Å². The summed E-state index contributed by atoms with van der Waals surface area (Å²) in [6, 6.07) is 0.308. The van der Waals surface area contributed by atoms with Gasteiger partial charge in [0, 0.05) is 38.1 Å². The zero-order chi connectivity index (χ0) is 15.1. The van der Waals surface area contributed by atoms with Crippen LogP contribution in [0.4, 0.5) is 0 Å². The van der Waals surface area contributed by atoms with E-state index in [-0.39, 0.29) is 12.0 Å². The van der Waals surface area contributed by atoms with E-state index in [4.69, 9.17) is 0 Å². The summed E-state index contributed by atoms with van der Waals surface area (Å²) in [6.45, 7) is 3.28. The Balaban J connectivity index is 1.35. The van der Waals surface area contributed by atoms with Gasteiger partial charge in [0.15, 0.2) is 0 Å². The average molecular weight is 321 g/mol. The van der Waals surface area contributed by atoms with Crippen molar-refractivity contribution in [3.05, 3.63) is 16.1 Å². The number of carbonyl (C=O) groups is 1. The molecule has 2 aliphatic carbocycles. The second kappa shape index (κ2) is 5.91. The monoisotopic (exact) mass is 321 g/mol. The molecule has 1 amide bonds. The van der Waals surface area contributed by atoms with Gasteiger partial charge in [-0.2, -0.15) is 0 Å². The number of aliphatic hydroxyl groups excluding tert-OH is 1. The van der Waals surface area contributed by atoms with E-state index in [0.29, 0.717) is 12.0 Å². The number of rotatable bonds is 3. The molecule has 120 valence electrons. The Morgan fingerprint density at radius 3 is 2.59 bits per heavy atom. The van der Waals surface area contributed by atoms with Crippen LogP contribution in [0.1, 0.15) is 52.7 Å². The highest BCUT2D eigenvalue weighted by Crippen LogP contribution is 2.41. The van der Waals surface area contributed by atoms with Gasteiger partial charge in [-0.15, -0.1) is 11.3 Å². The molecule has 2 atom stereocenters. The van der Waals surface area contributed by atoms with Gasteiger partial charge in [-0.25, -0.2) is 4.98 Å². The molecule has 1 aliphatic heterocycles. The minimum Gasteiger partial charge on any atom is -0.391 e. The van der Waals surface area contributed by atoms with Crippen molar-refractivity contribution in [2.75, 3.05) is 26.2 Å². The van der Waals surface area contributed by atoms with Crippen molar-refractivity contribution in [1.29, 1.82) is 0 Å². The van der Waals surface area contributed by atoms with Crippen molar-refractivity contribution < 1.29 is 9.90 Å². The second-order valence-corrected chi connectivity index (χ2v) is 7.79. The Labute approximate surface area is 134 Å². The van der Waals surface area contributed by atoms with Gasteiger partial charge < -0.3 is 10.0 Å². The first-order chi connectivity index (χ1) is 10.7. The maximum Gasteiger partial charge on any atom is 0.265 e. The smallest absolute Gasteiger partial charge is 0.265 e. The number of carbonyl (C=O) groups excluding carboxylic acids is 1. The van der Waals surface area contributed by atoms with Crippen molar-refractivity contribution in [2.45, 2.75) is 50.2 Å². The van der Waals surface area contributed by atoms with Crippen molar-refractivity contribution in [1.82, 2.24) is 14.8 Å².